The molecular weight excluding hydrogens is 497 g/mol. The van der Waals surface area contributed by atoms with E-state index in [0.29, 0.717) is 16.8 Å². The van der Waals surface area contributed by atoms with Gasteiger partial charge in [0.05, 0.1) is 5.69 Å². The van der Waals surface area contributed by atoms with Crippen molar-refractivity contribution in [1.82, 2.24) is 0 Å². The number of benzene rings is 5. The Balaban J connectivity index is 1.48. The van der Waals surface area contributed by atoms with Gasteiger partial charge in [0.2, 0.25) is 5.91 Å². The van der Waals surface area contributed by atoms with E-state index >= 15 is 0 Å². The van der Waals surface area contributed by atoms with E-state index in [9.17, 15) is 19.1 Å². The van der Waals surface area contributed by atoms with Gasteiger partial charge in [0.15, 0.2) is 5.66 Å². The first-order chi connectivity index (χ1) is 18.4. The monoisotopic (exact) mass is 523 g/mol. The molecule has 0 aliphatic rings. The Bertz CT molecular complexity index is 1670. The molecule has 3 N–H and O–H groups in total. The van der Waals surface area contributed by atoms with Crippen molar-refractivity contribution in [2.45, 2.75) is 5.66 Å². The van der Waals surface area contributed by atoms with Gasteiger partial charge in [-0.2, -0.15) is 0 Å². The molecule has 5 aromatic carbocycles. The van der Waals surface area contributed by atoms with Gasteiger partial charge in [-0.25, -0.2) is 0 Å². The molecule has 38 heavy (non-hydrogen) atoms. The van der Waals surface area contributed by atoms with Crippen LogP contribution in [-0.4, -0.2) is 22.3 Å². The van der Waals surface area contributed by atoms with Crippen LogP contribution in [0.1, 0.15) is 16.8 Å². The molecule has 1 amide bonds. The van der Waals surface area contributed by atoms with E-state index in [2.05, 4.69) is 5.32 Å². The van der Waals surface area contributed by atoms with E-state index in [1.54, 1.807) is 30.3 Å². The Hall–Kier alpha value is -4.22. The lowest BCUT2D eigenvalue weighted by Crippen LogP contribution is -2.22. The van der Waals surface area contributed by atoms with Gasteiger partial charge in [0.1, 0.15) is 12.4 Å². The zero-order chi connectivity index (χ0) is 26.5. The predicted molar refractivity (Wildman–Crippen MR) is 152 cm³/mol. The van der Waals surface area contributed by atoms with Crippen molar-refractivity contribution in [2.75, 3.05) is 11.9 Å². The van der Waals surface area contributed by atoms with Crippen molar-refractivity contribution in [1.29, 1.82) is 0 Å². The second-order valence-electron chi connectivity index (χ2n) is 8.87. The molecule has 0 fully saturated rings. The summed E-state index contributed by atoms with van der Waals surface area (Å²) in [5.74, 6) is -0.410. The molecule has 0 radical (unpaired) electrons. The quantitative estimate of drug-likeness (QED) is 0.192. The van der Waals surface area contributed by atoms with Crippen molar-refractivity contribution < 1.29 is 23.9 Å². The molecule has 0 bridgehead atoms. The molecule has 0 aliphatic heterocycles. The number of fused-ring (bicyclic) bond motifs is 2. The van der Waals surface area contributed by atoms with Gasteiger partial charge in [-0.15, -0.1) is 0 Å². The van der Waals surface area contributed by atoms with Gasteiger partial charge in [0.25, 0.3) is 0 Å². The number of hydrogen-bond acceptors (Lipinski definition) is 3. The Morgan fingerprint density at radius 3 is 2.18 bits per heavy atom. The fourth-order valence-corrected chi connectivity index (χ4v) is 5.45. The fraction of sp³-hybridized carbons (Fsp3) is 0.0645. The summed E-state index contributed by atoms with van der Waals surface area (Å²) < 4.78 is 18.7. The van der Waals surface area contributed by atoms with Crippen LogP contribution >= 0.6 is 7.60 Å². The lowest BCUT2D eigenvalue weighted by Gasteiger charge is -2.21. The van der Waals surface area contributed by atoms with Crippen LogP contribution < -0.4 is 10.1 Å². The smallest absolute Gasteiger partial charge is 0.342 e. The lowest BCUT2D eigenvalue weighted by atomic mass is 10.0. The number of ether oxygens (including phenoxy) is 1. The van der Waals surface area contributed by atoms with Crippen LogP contribution in [-0.2, 0) is 9.36 Å². The fourth-order valence-electron chi connectivity index (χ4n) is 4.49. The van der Waals surface area contributed by atoms with Crippen LogP contribution in [0.25, 0.3) is 27.6 Å². The van der Waals surface area contributed by atoms with Crippen molar-refractivity contribution in [3.63, 3.8) is 0 Å². The number of carbonyl (C=O) groups is 1. The van der Waals surface area contributed by atoms with Gasteiger partial charge in [-0.1, -0.05) is 103 Å². The summed E-state index contributed by atoms with van der Waals surface area (Å²) in [6.07, 6.45) is 3.80. The Morgan fingerprint density at radius 2 is 1.45 bits per heavy atom. The summed E-state index contributed by atoms with van der Waals surface area (Å²) in [5.41, 5.74) is -0.0582. The first-order valence-electron chi connectivity index (χ1n) is 12.1. The normalized spacial score (nSPS) is 12.6. The third-order valence-electron chi connectivity index (χ3n) is 6.25. The highest BCUT2D eigenvalue weighted by Gasteiger charge is 2.38. The van der Waals surface area contributed by atoms with Crippen LogP contribution in [0.5, 0.6) is 5.75 Å². The van der Waals surface area contributed by atoms with Gasteiger partial charge in [0, 0.05) is 0 Å². The highest BCUT2D eigenvalue weighted by Crippen LogP contribution is 2.53. The third kappa shape index (κ3) is 5.68. The zero-order valence-electron chi connectivity index (χ0n) is 20.4. The number of carbonyl (C=O) groups excluding carboxylic acids is 1. The van der Waals surface area contributed by atoms with Gasteiger partial charge < -0.3 is 19.8 Å². The Kier molecular flexibility index (Phi) is 7.38. The molecule has 7 heteroatoms. The third-order valence-corrected chi connectivity index (χ3v) is 7.44. The first-order valence-corrected chi connectivity index (χ1v) is 13.8. The minimum atomic E-state index is -4.88. The molecule has 0 saturated carbocycles. The van der Waals surface area contributed by atoms with Crippen LogP contribution in [0.2, 0.25) is 0 Å². The Labute approximate surface area is 220 Å². The maximum atomic E-state index is 13.5. The minimum absolute atomic E-state index is 0.237. The lowest BCUT2D eigenvalue weighted by molar-refractivity contribution is -0.116. The average Bonchev–Trinajstić information content (AvgIpc) is 2.91. The largest absolute Gasteiger partial charge is 0.487 e. The predicted octanol–water partition coefficient (Wildman–Crippen LogP) is 6.94. The van der Waals surface area contributed by atoms with E-state index < -0.39 is 19.2 Å². The average molecular weight is 524 g/mol. The van der Waals surface area contributed by atoms with Crippen LogP contribution in [0.15, 0.2) is 115 Å². The molecule has 0 aliphatic carbocycles. The maximum absolute atomic E-state index is 13.5. The van der Waals surface area contributed by atoms with Gasteiger partial charge in [-0.3, -0.25) is 9.36 Å². The highest BCUT2D eigenvalue weighted by molar-refractivity contribution is 7.53. The summed E-state index contributed by atoms with van der Waals surface area (Å²) in [4.78, 5) is 34.1. The zero-order valence-corrected chi connectivity index (χ0v) is 21.3. The number of anilines is 1. The molecule has 190 valence electrons. The van der Waals surface area contributed by atoms with E-state index in [-0.39, 0.29) is 12.2 Å². The highest BCUT2D eigenvalue weighted by atomic mass is 31.2. The number of hydrogen-bond donors (Lipinski definition) is 3. The van der Waals surface area contributed by atoms with Crippen LogP contribution in [0, 0.1) is 0 Å². The molecular formula is C31H26NO5P. The number of nitrogens with one attached hydrogen (secondary N) is 1. The summed E-state index contributed by atoms with van der Waals surface area (Å²) in [6, 6.07) is 33.3. The second kappa shape index (κ2) is 11.0. The molecule has 1 unspecified atom stereocenters. The van der Waals surface area contributed by atoms with E-state index in [4.69, 9.17) is 4.74 Å². The van der Waals surface area contributed by atoms with Gasteiger partial charge >= 0.3 is 7.60 Å². The van der Waals surface area contributed by atoms with E-state index in [1.807, 2.05) is 91.0 Å². The van der Waals surface area contributed by atoms with E-state index in [0.717, 1.165) is 21.7 Å². The molecule has 0 saturated heterocycles. The SMILES string of the molecule is O=C(Nc1cc2ccccc2cc1OC/C=C/c1ccccc1)C(c1cccc2ccccc12)P(=O)(O)O. The molecule has 0 heterocycles. The summed E-state index contributed by atoms with van der Waals surface area (Å²) in [5, 5.41) is 5.91. The summed E-state index contributed by atoms with van der Waals surface area (Å²) >= 11 is 0. The molecule has 5 rings (SSSR count). The molecule has 0 aromatic heterocycles. The van der Waals surface area contributed by atoms with Gasteiger partial charge in [-0.05, 0) is 50.9 Å². The molecule has 5 aromatic rings. The topological polar surface area (TPSA) is 95.9 Å². The number of rotatable bonds is 8. The van der Waals surface area contributed by atoms with E-state index in [1.165, 1.54) is 0 Å². The van der Waals surface area contributed by atoms with Crippen LogP contribution in [0.4, 0.5) is 5.69 Å². The Morgan fingerprint density at radius 1 is 0.816 bits per heavy atom. The summed E-state index contributed by atoms with van der Waals surface area (Å²) in [7, 11) is -4.88. The summed E-state index contributed by atoms with van der Waals surface area (Å²) in [6.45, 7) is 0.237. The standard InChI is InChI=1S/C31H26NO5P/c33-31(30(38(34,35)36)27-18-8-16-23-13-6-7-17-26(23)27)32-28-20-24-14-4-5-15-25(24)21-29(28)37-19-9-12-22-10-2-1-3-11-22/h1-18,20-21,30H,19H2,(H,32,33)(H2,34,35,36)/b12-9+. The minimum Gasteiger partial charge on any atom is -0.487 e. The number of amides is 1. The first kappa shape index (κ1) is 25.4. The molecule has 0 spiro atoms. The molecule has 1 atom stereocenters. The molecule has 6 nitrogen and oxygen atoms in total. The van der Waals surface area contributed by atoms with Crippen molar-refractivity contribution >= 4 is 46.8 Å². The maximum Gasteiger partial charge on any atom is 0.342 e. The van der Waals surface area contributed by atoms with Crippen molar-refractivity contribution in [3.05, 3.63) is 126 Å². The van der Waals surface area contributed by atoms with Crippen molar-refractivity contribution in [3.8, 4) is 5.75 Å². The van der Waals surface area contributed by atoms with Crippen molar-refractivity contribution in [2.24, 2.45) is 0 Å². The second-order valence-corrected chi connectivity index (χ2v) is 10.6. The van der Waals surface area contributed by atoms with Crippen LogP contribution in [0.3, 0.4) is 0 Å².